The molecule has 40 heavy (non-hydrogen) atoms. The molecule has 0 aliphatic carbocycles. The molecule has 1 unspecified atom stereocenters. The normalized spacial score (nSPS) is 12.2. The minimum atomic E-state index is -4.90. The van der Waals surface area contributed by atoms with Gasteiger partial charge in [0.05, 0.1) is 12.1 Å². The van der Waals surface area contributed by atoms with Gasteiger partial charge in [-0.15, -0.1) is 13.2 Å². The monoisotopic (exact) mass is 572 g/mol. The minimum Gasteiger partial charge on any atom is -0.481 e. The number of hydrogen-bond acceptors (Lipinski definition) is 4. The van der Waals surface area contributed by atoms with Crippen LogP contribution in [0.25, 0.3) is 10.9 Å². The van der Waals surface area contributed by atoms with E-state index in [9.17, 15) is 27.6 Å². The Morgan fingerprint density at radius 2 is 1.70 bits per heavy atom. The summed E-state index contributed by atoms with van der Waals surface area (Å²) in [6, 6.07) is 18.8. The number of alkyl halides is 3. The number of carboxylic acids is 1. The number of halogens is 4. The van der Waals surface area contributed by atoms with Crippen LogP contribution < -0.4 is 10.1 Å². The summed E-state index contributed by atoms with van der Waals surface area (Å²) in [7, 11) is 0. The number of carbonyl (C=O) groups excluding carboxylic acids is 2. The van der Waals surface area contributed by atoms with Gasteiger partial charge in [-0.3, -0.25) is 14.4 Å². The van der Waals surface area contributed by atoms with Crippen molar-refractivity contribution < 1.29 is 37.4 Å². The number of aliphatic carboxylic acids is 1. The molecule has 4 rings (SSSR count). The topological polar surface area (TPSA) is 108 Å². The average molecular weight is 573 g/mol. The van der Waals surface area contributed by atoms with E-state index in [1.807, 2.05) is 0 Å². The smallest absolute Gasteiger partial charge is 0.481 e. The number of Topliss-reactive ketones (excluding diaryl/α,β-unsaturated/α-hetero) is 1. The second-order valence-corrected chi connectivity index (χ2v) is 9.57. The molecule has 1 aromatic heterocycles. The standard InChI is InChI=1S/C29H24ClF3N2O5/c30-22-9-10-23-20(15-22)16-24(35-23)27(38)21(14-19-3-1-2-4-25(19)40-29(31,32)33)13-17-5-7-18(8-6-17)28(39)34-12-11-26(36)37/h1-10,15-16,21,35H,11-14H2,(H,34,39)(H,36,37). The predicted molar refractivity (Wildman–Crippen MR) is 143 cm³/mol. The maximum absolute atomic E-state index is 13.7. The SMILES string of the molecule is O=C(O)CCNC(=O)c1ccc(CC(Cc2ccccc2OC(F)(F)F)C(=O)c2cc3cc(Cl)ccc3[nH]2)cc1. The van der Waals surface area contributed by atoms with E-state index >= 15 is 0 Å². The number of ketones is 1. The molecular weight excluding hydrogens is 549 g/mol. The number of amides is 1. The maximum atomic E-state index is 13.7. The number of nitrogens with one attached hydrogen (secondary N) is 2. The molecule has 0 radical (unpaired) electrons. The van der Waals surface area contributed by atoms with Gasteiger partial charge < -0.3 is 20.1 Å². The van der Waals surface area contributed by atoms with Crippen molar-refractivity contribution in [2.24, 2.45) is 5.92 Å². The van der Waals surface area contributed by atoms with Gasteiger partial charge >= 0.3 is 12.3 Å². The molecule has 0 aliphatic heterocycles. The number of benzene rings is 3. The van der Waals surface area contributed by atoms with Crippen molar-refractivity contribution in [3.63, 3.8) is 0 Å². The Hall–Kier alpha value is -4.31. The lowest BCUT2D eigenvalue weighted by Gasteiger charge is -2.19. The number of carbonyl (C=O) groups is 3. The predicted octanol–water partition coefficient (Wildman–Crippen LogP) is 6.21. The van der Waals surface area contributed by atoms with Crippen LogP contribution >= 0.6 is 11.6 Å². The van der Waals surface area contributed by atoms with Crippen molar-refractivity contribution in [1.29, 1.82) is 0 Å². The molecule has 0 spiro atoms. The molecule has 1 atom stereocenters. The van der Waals surface area contributed by atoms with Crippen LogP contribution in [0.4, 0.5) is 13.2 Å². The number of rotatable bonds is 11. The summed E-state index contributed by atoms with van der Waals surface area (Å²) < 4.78 is 43.3. The summed E-state index contributed by atoms with van der Waals surface area (Å²) in [5.74, 6) is -2.96. The Balaban J connectivity index is 1.60. The van der Waals surface area contributed by atoms with Gasteiger partial charge in [0.15, 0.2) is 5.78 Å². The largest absolute Gasteiger partial charge is 0.573 e. The fourth-order valence-electron chi connectivity index (χ4n) is 4.34. The molecule has 208 valence electrons. The molecule has 0 aliphatic rings. The maximum Gasteiger partial charge on any atom is 0.573 e. The zero-order valence-electron chi connectivity index (χ0n) is 20.9. The lowest BCUT2D eigenvalue weighted by atomic mass is 9.87. The third-order valence-electron chi connectivity index (χ3n) is 6.21. The van der Waals surface area contributed by atoms with Crippen LogP contribution in [-0.4, -0.2) is 40.7 Å². The number of aromatic amines is 1. The molecule has 3 N–H and O–H groups in total. The van der Waals surface area contributed by atoms with Crippen molar-refractivity contribution in [2.75, 3.05) is 6.54 Å². The zero-order valence-corrected chi connectivity index (χ0v) is 21.7. The number of para-hydroxylation sites is 1. The molecule has 0 saturated heterocycles. The summed E-state index contributed by atoms with van der Waals surface area (Å²) in [5, 5.41) is 12.4. The summed E-state index contributed by atoms with van der Waals surface area (Å²) in [5.41, 5.74) is 2.16. The van der Waals surface area contributed by atoms with Crippen molar-refractivity contribution >= 4 is 40.2 Å². The molecule has 1 amide bonds. The van der Waals surface area contributed by atoms with Crippen LogP contribution in [0.2, 0.25) is 5.02 Å². The van der Waals surface area contributed by atoms with Gasteiger partial charge in [-0.2, -0.15) is 0 Å². The Labute approximate surface area is 231 Å². The minimum absolute atomic E-state index is 0.0262. The number of ether oxygens (including phenoxy) is 1. The molecule has 0 fully saturated rings. The molecule has 11 heteroatoms. The highest BCUT2D eigenvalue weighted by molar-refractivity contribution is 6.31. The highest BCUT2D eigenvalue weighted by Gasteiger charge is 2.33. The summed E-state index contributed by atoms with van der Waals surface area (Å²) in [4.78, 5) is 39.7. The van der Waals surface area contributed by atoms with Gasteiger partial charge in [-0.1, -0.05) is 41.9 Å². The van der Waals surface area contributed by atoms with Crippen LogP contribution in [0.15, 0.2) is 72.8 Å². The number of carboxylic acid groups (broad SMARTS) is 1. The van der Waals surface area contributed by atoms with Crippen LogP contribution in [-0.2, 0) is 17.6 Å². The van der Waals surface area contributed by atoms with Crippen LogP contribution in [0.5, 0.6) is 5.75 Å². The Bertz CT molecular complexity index is 1530. The first-order valence-corrected chi connectivity index (χ1v) is 12.6. The molecule has 7 nitrogen and oxygen atoms in total. The first-order chi connectivity index (χ1) is 19.0. The fraction of sp³-hybridized carbons (Fsp3) is 0.207. The van der Waals surface area contributed by atoms with E-state index < -0.39 is 24.2 Å². The zero-order chi connectivity index (χ0) is 28.9. The van der Waals surface area contributed by atoms with Crippen molar-refractivity contribution in [2.45, 2.75) is 25.6 Å². The van der Waals surface area contributed by atoms with Crippen molar-refractivity contribution in [3.8, 4) is 5.75 Å². The van der Waals surface area contributed by atoms with E-state index in [-0.39, 0.29) is 48.6 Å². The molecule has 0 saturated carbocycles. The van der Waals surface area contributed by atoms with Crippen molar-refractivity contribution in [3.05, 3.63) is 100 Å². The summed E-state index contributed by atoms with van der Waals surface area (Å²) in [6.07, 6.45) is -4.99. The fourth-order valence-corrected chi connectivity index (χ4v) is 4.52. The summed E-state index contributed by atoms with van der Waals surface area (Å²) >= 11 is 6.07. The van der Waals surface area contributed by atoms with E-state index in [2.05, 4.69) is 15.0 Å². The highest BCUT2D eigenvalue weighted by atomic mass is 35.5. The van der Waals surface area contributed by atoms with Crippen LogP contribution in [0.1, 0.15) is 38.4 Å². The number of H-pyrrole nitrogens is 1. The lowest BCUT2D eigenvalue weighted by Crippen LogP contribution is -2.26. The highest BCUT2D eigenvalue weighted by Crippen LogP contribution is 2.30. The summed E-state index contributed by atoms with van der Waals surface area (Å²) in [6.45, 7) is -0.0262. The van der Waals surface area contributed by atoms with Gasteiger partial charge in [0.2, 0.25) is 0 Å². The van der Waals surface area contributed by atoms with Gasteiger partial charge in [0.25, 0.3) is 5.91 Å². The number of hydrogen-bond donors (Lipinski definition) is 3. The van der Waals surface area contributed by atoms with Crippen LogP contribution in [0, 0.1) is 5.92 Å². The Kier molecular flexibility index (Phi) is 8.79. The first kappa shape index (κ1) is 28.7. The molecule has 4 aromatic rings. The Morgan fingerprint density at radius 1 is 0.975 bits per heavy atom. The average Bonchev–Trinajstić information content (AvgIpc) is 3.31. The van der Waals surface area contributed by atoms with Gasteiger partial charge in [-0.25, -0.2) is 0 Å². The van der Waals surface area contributed by atoms with Gasteiger partial charge in [0, 0.05) is 34.0 Å². The second kappa shape index (κ2) is 12.3. The van der Waals surface area contributed by atoms with Gasteiger partial charge in [0.1, 0.15) is 5.75 Å². The van der Waals surface area contributed by atoms with Crippen molar-refractivity contribution in [1.82, 2.24) is 10.3 Å². The quantitative estimate of drug-likeness (QED) is 0.185. The third-order valence-corrected chi connectivity index (χ3v) is 6.44. The van der Waals surface area contributed by atoms with E-state index in [0.29, 0.717) is 27.1 Å². The molecule has 0 bridgehead atoms. The number of aromatic nitrogens is 1. The Morgan fingerprint density at radius 3 is 2.40 bits per heavy atom. The van der Waals surface area contributed by atoms with Gasteiger partial charge in [-0.05, 0) is 66.4 Å². The molecule has 3 aromatic carbocycles. The van der Waals surface area contributed by atoms with Crippen LogP contribution in [0.3, 0.4) is 0 Å². The molecule has 1 heterocycles. The first-order valence-electron chi connectivity index (χ1n) is 12.2. The van der Waals surface area contributed by atoms with E-state index in [1.165, 1.54) is 18.2 Å². The lowest BCUT2D eigenvalue weighted by molar-refractivity contribution is -0.274. The second-order valence-electron chi connectivity index (χ2n) is 9.14. The number of fused-ring (bicyclic) bond motifs is 1. The third kappa shape index (κ3) is 7.63. The van der Waals surface area contributed by atoms with E-state index in [0.717, 1.165) is 0 Å². The van der Waals surface area contributed by atoms with E-state index in [4.69, 9.17) is 16.7 Å². The van der Waals surface area contributed by atoms with E-state index in [1.54, 1.807) is 54.6 Å². The molecular formula is C29H24ClF3N2O5.